The minimum absolute atomic E-state index is 0.0724. The van der Waals surface area contributed by atoms with Gasteiger partial charge in [-0.15, -0.1) is 0 Å². The van der Waals surface area contributed by atoms with Gasteiger partial charge in [0.05, 0.1) is 19.0 Å². The largest absolute Gasteiger partial charge is 0.406 e. The van der Waals surface area contributed by atoms with Crippen LogP contribution in [0.15, 0.2) is 12.4 Å². The van der Waals surface area contributed by atoms with Crippen LogP contribution in [0.1, 0.15) is 10.5 Å². The quantitative estimate of drug-likeness (QED) is 0.802. The van der Waals surface area contributed by atoms with Gasteiger partial charge in [0.25, 0.3) is 5.91 Å². The highest BCUT2D eigenvalue weighted by Gasteiger charge is 2.33. The Kier molecular flexibility index (Phi) is 4.43. The maximum atomic E-state index is 12.2. The fraction of sp³-hybridized carbons (Fsp3) is 0.444. The minimum Gasteiger partial charge on any atom is -0.395 e. The number of nitrogens with zero attached hydrogens (tertiary/aromatic N) is 3. The molecule has 0 saturated heterocycles. The van der Waals surface area contributed by atoms with E-state index < -0.39 is 31.8 Å². The van der Waals surface area contributed by atoms with Gasteiger partial charge >= 0.3 is 6.18 Å². The molecule has 0 aromatic carbocycles. The average molecular weight is 264 g/mol. The molecule has 0 atom stereocenters. The summed E-state index contributed by atoms with van der Waals surface area (Å²) in [6, 6.07) is 0. The summed E-state index contributed by atoms with van der Waals surface area (Å²) < 4.78 is 36.7. The van der Waals surface area contributed by atoms with E-state index in [1.54, 1.807) is 0 Å². The monoisotopic (exact) mass is 264 g/mol. The first-order valence-corrected chi connectivity index (χ1v) is 4.88. The second-order valence-corrected chi connectivity index (χ2v) is 3.39. The number of aliphatic hydroxyl groups is 1. The topological polar surface area (TPSA) is 92.3 Å². The van der Waals surface area contributed by atoms with Gasteiger partial charge in [0, 0.05) is 6.54 Å². The van der Waals surface area contributed by atoms with Crippen molar-refractivity contribution in [1.29, 1.82) is 0 Å². The van der Waals surface area contributed by atoms with E-state index in [1.165, 1.54) is 0 Å². The van der Waals surface area contributed by atoms with Gasteiger partial charge in [0.1, 0.15) is 18.1 Å². The molecular weight excluding hydrogens is 253 g/mol. The van der Waals surface area contributed by atoms with Gasteiger partial charge in [-0.3, -0.25) is 9.78 Å². The van der Waals surface area contributed by atoms with Crippen molar-refractivity contribution in [3.8, 4) is 0 Å². The van der Waals surface area contributed by atoms with Crippen LogP contribution in [-0.2, 0) is 0 Å². The molecule has 1 aromatic rings. The van der Waals surface area contributed by atoms with Crippen molar-refractivity contribution in [2.45, 2.75) is 6.18 Å². The van der Waals surface area contributed by atoms with Gasteiger partial charge in [-0.2, -0.15) is 13.2 Å². The number of amides is 1. The summed E-state index contributed by atoms with van der Waals surface area (Å²) in [6.07, 6.45) is -2.38. The summed E-state index contributed by atoms with van der Waals surface area (Å²) in [5.41, 5.74) is 4.98. The normalized spacial score (nSPS) is 11.3. The molecule has 1 heterocycles. The number of carbonyl (C=O) groups is 1. The molecule has 0 radical (unpaired) electrons. The first kappa shape index (κ1) is 14.2. The van der Waals surface area contributed by atoms with Crippen molar-refractivity contribution in [3.63, 3.8) is 0 Å². The molecule has 0 spiro atoms. The van der Waals surface area contributed by atoms with E-state index in [2.05, 4.69) is 9.97 Å². The van der Waals surface area contributed by atoms with E-state index in [1.807, 2.05) is 0 Å². The molecule has 9 heteroatoms. The number of aromatic nitrogens is 2. The van der Waals surface area contributed by atoms with Gasteiger partial charge in [0.15, 0.2) is 0 Å². The molecule has 3 N–H and O–H groups in total. The molecule has 0 aliphatic rings. The molecule has 100 valence electrons. The lowest BCUT2D eigenvalue weighted by Gasteiger charge is -2.22. The van der Waals surface area contributed by atoms with E-state index in [4.69, 9.17) is 10.8 Å². The number of nitrogens with two attached hydrogens (primary N) is 1. The molecule has 0 aliphatic heterocycles. The Balaban J connectivity index is 2.89. The third kappa shape index (κ3) is 4.17. The van der Waals surface area contributed by atoms with Gasteiger partial charge in [0.2, 0.25) is 0 Å². The number of halogens is 3. The van der Waals surface area contributed by atoms with E-state index in [9.17, 15) is 18.0 Å². The summed E-state index contributed by atoms with van der Waals surface area (Å²) in [7, 11) is 0. The second kappa shape index (κ2) is 5.63. The van der Waals surface area contributed by atoms with E-state index >= 15 is 0 Å². The predicted octanol–water partition coefficient (Wildman–Crippen LogP) is 0.0556. The zero-order valence-electron chi connectivity index (χ0n) is 9.18. The smallest absolute Gasteiger partial charge is 0.395 e. The van der Waals surface area contributed by atoms with Crippen LogP contribution in [0.2, 0.25) is 0 Å². The zero-order chi connectivity index (χ0) is 13.8. The van der Waals surface area contributed by atoms with Crippen molar-refractivity contribution in [2.24, 2.45) is 0 Å². The first-order chi connectivity index (χ1) is 8.33. The lowest BCUT2D eigenvalue weighted by molar-refractivity contribution is -0.141. The molecule has 0 fully saturated rings. The number of aliphatic hydroxyl groups excluding tert-OH is 1. The van der Waals surface area contributed by atoms with Crippen molar-refractivity contribution in [2.75, 3.05) is 25.4 Å². The number of anilines is 1. The van der Waals surface area contributed by atoms with Gasteiger partial charge in [-0.1, -0.05) is 0 Å². The number of alkyl halides is 3. The molecule has 1 amide bonds. The number of hydrogen-bond acceptors (Lipinski definition) is 5. The van der Waals surface area contributed by atoms with Crippen LogP contribution in [0.5, 0.6) is 0 Å². The molecule has 6 nitrogen and oxygen atoms in total. The second-order valence-electron chi connectivity index (χ2n) is 3.39. The number of rotatable bonds is 4. The summed E-state index contributed by atoms with van der Waals surface area (Å²) in [4.78, 5) is 19.3. The molecule has 0 unspecified atom stereocenters. The van der Waals surface area contributed by atoms with Crippen molar-refractivity contribution in [3.05, 3.63) is 18.1 Å². The Morgan fingerprint density at radius 1 is 1.44 bits per heavy atom. The highest BCUT2D eigenvalue weighted by Crippen LogP contribution is 2.17. The van der Waals surface area contributed by atoms with Crippen molar-refractivity contribution >= 4 is 11.7 Å². The highest BCUT2D eigenvalue weighted by molar-refractivity contribution is 5.92. The van der Waals surface area contributed by atoms with Crippen LogP contribution in [0, 0.1) is 0 Å². The van der Waals surface area contributed by atoms with Crippen LogP contribution >= 0.6 is 0 Å². The van der Waals surface area contributed by atoms with E-state index in [0.717, 1.165) is 12.4 Å². The zero-order valence-corrected chi connectivity index (χ0v) is 9.18. The lowest BCUT2D eigenvalue weighted by atomic mass is 10.3. The average Bonchev–Trinajstić information content (AvgIpc) is 2.26. The predicted molar refractivity (Wildman–Crippen MR) is 55.5 cm³/mol. The number of carbonyl (C=O) groups excluding carboxylic acids is 1. The van der Waals surface area contributed by atoms with Crippen molar-refractivity contribution < 1.29 is 23.1 Å². The standard InChI is InChI=1S/C9H11F3N4O2/c10-9(11,12)5-16(1-2-17)8(18)6-3-14-4-7(13)15-6/h3-4,17H,1-2,5H2,(H2,13,15). The van der Waals surface area contributed by atoms with Gasteiger partial charge < -0.3 is 15.7 Å². The first-order valence-electron chi connectivity index (χ1n) is 4.88. The Hall–Kier alpha value is -1.90. The molecule has 18 heavy (non-hydrogen) atoms. The Morgan fingerprint density at radius 2 is 2.11 bits per heavy atom. The number of nitrogen functional groups attached to an aromatic ring is 1. The SMILES string of the molecule is Nc1cncc(C(=O)N(CCO)CC(F)(F)F)n1. The Morgan fingerprint density at radius 3 is 2.61 bits per heavy atom. The fourth-order valence-electron chi connectivity index (χ4n) is 1.24. The third-order valence-corrected chi connectivity index (χ3v) is 1.90. The molecule has 0 aliphatic carbocycles. The molecule has 1 rings (SSSR count). The highest BCUT2D eigenvalue weighted by atomic mass is 19.4. The lowest BCUT2D eigenvalue weighted by Crippen LogP contribution is -2.41. The molecular formula is C9H11F3N4O2. The third-order valence-electron chi connectivity index (χ3n) is 1.90. The summed E-state index contributed by atoms with van der Waals surface area (Å²) in [5.74, 6) is -1.06. The van der Waals surface area contributed by atoms with Crippen LogP contribution < -0.4 is 5.73 Å². The van der Waals surface area contributed by atoms with Gasteiger partial charge in [-0.25, -0.2) is 4.98 Å². The van der Waals surface area contributed by atoms with Crippen LogP contribution in [0.25, 0.3) is 0 Å². The minimum atomic E-state index is -4.56. The molecule has 0 bridgehead atoms. The molecule has 1 aromatic heterocycles. The Bertz CT molecular complexity index is 425. The summed E-state index contributed by atoms with van der Waals surface area (Å²) in [6.45, 7) is -2.50. The number of hydrogen-bond donors (Lipinski definition) is 2. The summed E-state index contributed by atoms with van der Waals surface area (Å²) in [5, 5.41) is 8.66. The van der Waals surface area contributed by atoms with Crippen LogP contribution in [0.4, 0.5) is 19.0 Å². The maximum absolute atomic E-state index is 12.2. The van der Waals surface area contributed by atoms with Gasteiger partial charge in [-0.05, 0) is 0 Å². The van der Waals surface area contributed by atoms with Crippen molar-refractivity contribution in [1.82, 2.24) is 14.9 Å². The van der Waals surface area contributed by atoms with E-state index in [-0.39, 0.29) is 11.5 Å². The maximum Gasteiger partial charge on any atom is 0.406 e. The molecule has 0 saturated carbocycles. The van der Waals surface area contributed by atoms with E-state index in [0.29, 0.717) is 4.90 Å². The van der Waals surface area contributed by atoms with Crippen LogP contribution in [-0.4, -0.2) is 51.8 Å². The Labute approximate surface area is 100 Å². The van der Waals surface area contributed by atoms with Crippen LogP contribution in [0.3, 0.4) is 0 Å². The fourth-order valence-corrected chi connectivity index (χ4v) is 1.24. The summed E-state index contributed by atoms with van der Waals surface area (Å²) >= 11 is 0.